The third kappa shape index (κ3) is 7.35. The van der Waals surface area contributed by atoms with Gasteiger partial charge in [-0.3, -0.25) is 9.69 Å². The van der Waals surface area contributed by atoms with Crippen LogP contribution in [0.2, 0.25) is 0 Å². The molecule has 0 radical (unpaired) electrons. The molecule has 0 N–H and O–H groups in total. The molecule has 1 aromatic heterocycles. The first-order valence-electron chi connectivity index (χ1n) is 10.3. The van der Waals surface area contributed by atoms with Crippen molar-refractivity contribution in [2.24, 2.45) is 0 Å². The number of aromatic nitrogens is 1. The van der Waals surface area contributed by atoms with E-state index in [1.54, 1.807) is 19.1 Å². The van der Waals surface area contributed by atoms with E-state index in [1.807, 2.05) is 68.0 Å². The van der Waals surface area contributed by atoms with Crippen molar-refractivity contribution in [1.29, 1.82) is 0 Å². The lowest BCUT2D eigenvalue weighted by Gasteiger charge is -2.21. The summed E-state index contributed by atoms with van der Waals surface area (Å²) in [4.78, 5) is 21.6. The number of nitrogens with zero attached hydrogens (tertiary/aromatic N) is 3. The number of ether oxygens (including phenoxy) is 3. The summed E-state index contributed by atoms with van der Waals surface area (Å²) < 4.78 is 16.5. The number of carbonyl (C=O) groups excluding carboxylic acids is 1. The van der Waals surface area contributed by atoms with E-state index < -0.39 is 0 Å². The Balaban J connectivity index is 0.00000385. The molecule has 0 aliphatic rings. The number of amides is 1. The first-order chi connectivity index (χ1) is 15.5. The lowest BCUT2D eigenvalue weighted by atomic mass is 10.1. The van der Waals surface area contributed by atoms with Gasteiger partial charge in [0.1, 0.15) is 17.2 Å². The maximum absolute atomic E-state index is 13.1. The molecule has 0 saturated heterocycles. The Morgan fingerprint density at radius 1 is 1.00 bits per heavy atom. The molecular weight excluding hydrogens is 462 g/mol. The van der Waals surface area contributed by atoms with Crippen molar-refractivity contribution >= 4 is 34.8 Å². The number of thiazole rings is 1. The van der Waals surface area contributed by atoms with Gasteiger partial charge in [0.25, 0.3) is 5.91 Å². The Morgan fingerprint density at radius 2 is 1.76 bits per heavy atom. The molecule has 0 bridgehead atoms. The number of halogens is 1. The molecule has 0 aliphatic heterocycles. The molecule has 33 heavy (non-hydrogen) atoms. The standard InChI is InChI=1S/C24H29N3O4S.ClH/c1-26(2)13-8-14-27(23(28)16-31-18-9-6-5-7-10-18)24-25-21(17-32-24)20-15-19(29-3)11-12-22(20)30-4;/h5-7,9-12,15,17H,8,13-14,16H2,1-4H3;1H. The summed E-state index contributed by atoms with van der Waals surface area (Å²) in [6.45, 7) is 1.37. The fourth-order valence-corrected chi connectivity index (χ4v) is 4.01. The fourth-order valence-electron chi connectivity index (χ4n) is 3.14. The Morgan fingerprint density at radius 3 is 2.42 bits per heavy atom. The molecule has 2 aromatic carbocycles. The molecule has 0 atom stereocenters. The lowest BCUT2D eigenvalue weighted by molar-refractivity contribution is -0.120. The maximum Gasteiger partial charge on any atom is 0.266 e. The third-order valence-corrected chi connectivity index (χ3v) is 5.66. The van der Waals surface area contributed by atoms with E-state index in [4.69, 9.17) is 19.2 Å². The monoisotopic (exact) mass is 491 g/mol. The second-order valence-electron chi connectivity index (χ2n) is 7.39. The van der Waals surface area contributed by atoms with Crippen LogP contribution in [0.3, 0.4) is 0 Å². The van der Waals surface area contributed by atoms with Crippen LogP contribution in [0.5, 0.6) is 17.2 Å². The first kappa shape index (κ1) is 26.4. The van der Waals surface area contributed by atoms with E-state index in [-0.39, 0.29) is 24.9 Å². The summed E-state index contributed by atoms with van der Waals surface area (Å²) in [6, 6.07) is 14.9. The van der Waals surface area contributed by atoms with E-state index in [2.05, 4.69) is 4.90 Å². The highest BCUT2D eigenvalue weighted by Crippen LogP contribution is 2.36. The minimum Gasteiger partial charge on any atom is -0.497 e. The quantitative estimate of drug-likeness (QED) is 0.390. The van der Waals surface area contributed by atoms with Gasteiger partial charge in [0.15, 0.2) is 11.7 Å². The molecule has 0 unspecified atom stereocenters. The summed E-state index contributed by atoms with van der Waals surface area (Å²) in [6.07, 6.45) is 0.821. The van der Waals surface area contributed by atoms with Crippen molar-refractivity contribution < 1.29 is 19.0 Å². The van der Waals surface area contributed by atoms with Crippen LogP contribution in [-0.4, -0.2) is 63.8 Å². The fraction of sp³-hybridized carbons (Fsp3) is 0.333. The minimum absolute atomic E-state index is 0. The second kappa shape index (κ2) is 13.0. The molecule has 9 heteroatoms. The van der Waals surface area contributed by atoms with E-state index in [0.29, 0.717) is 28.9 Å². The molecule has 178 valence electrons. The van der Waals surface area contributed by atoms with Crippen LogP contribution in [0.1, 0.15) is 6.42 Å². The molecule has 1 amide bonds. The van der Waals surface area contributed by atoms with Gasteiger partial charge < -0.3 is 19.1 Å². The van der Waals surface area contributed by atoms with Crippen LogP contribution < -0.4 is 19.1 Å². The van der Waals surface area contributed by atoms with Crippen LogP contribution >= 0.6 is 23.7 Å². The van der Waals surface area contributed by atoms with Crippen molar-refractivity contribution in [2.45, 2.75) is 6.42 Å². The predicted octanol–water partition coefficient (Wildman–Crippen LogP) is 4.61. The van der Waals surface area contributed by atoms with Gasteiger partial charge in [-0.1, -0.05) is 18.2 Å². The van der Waals surface area contributed by atoms with Crippen LogP contribution in [0, 0.1) is 0 Å². The number of methoxy groups -OCH3 is 2. The summed E-state index contributed by atoms with van der Waals surface area (Å²) >= 11 is 1.42. The normalized spacial score (nSPS) is 10.5. The molecule has 0 aliphatic carbocycles. The highest BCUT2D eigenvalue weighted by molar-refractivity contribution is 7.14. The molecule has 1 heterocycles. The SMILES string of the molecule is COc1ccc(OC)c(-c2csc(N(CCCN(C)C)C(=O)COc3ccccc3)n2)c1.Cl. The van der Waals surface area contributed by atoms with E-state index in [1.165, 1.54) is 11.3 Å². The predicted molar refractivity (Wildman–Crippen MR) is 135 cm³/mol. The van der Waals surface area contributed by atoms with Crippen LogP contribution in [0.25, 0.3) is 11.3 Å². The van der Waals surface area contributed by atoms with Crippen molar-refractivity contribution in [2.75, 3.05) is 52.9 Å². The number of carbonyl (C=O) groups is 1. The average Bonchev–Trinajstić information content (AvgIpc) is 3.30. The largest absolute Gasteiger partial charge is 0.497 e. The van der Waals surface area contributed by atoms with Crippen LogP contribution in [0.15, 0.2) is 53.9 Å². The molecule has 7 nitrogen and oxygen atoms in total. The van der Waals surface area contributed by atoms with Gasteiger partial charge in [-0.05, 0) is 57.4 Å². The number of hydrogen-bond acceptors (Lipinski definition) is 7. The Labute approximate surface area is 205 Å². The van der Waals surface area contributed by atoms with E-state index >= 15 is 0 Å². The molecule has 0 spiro atoms. The number of hydrogen-bond donors (Lipinski definition) is 0. The van der Waals surface area contributed by atoms with Gasteiger partial charge >= 0.3 is 0 Å². The van der Waals surface area contributed by atoms with Gasteiger partial charge in [-0.25, -0.2) is 4.98 Å². The van der Waals surface area contributed by atoms with Gasteiger partial charge in [0.2, 0.25) is 0 Å². The highest BCUT2D eigenvalue weighted by atomic mass is 35.5. The van der Waals surface area contributed by atoms with Crippen molar-refractivity contribution in [3.05, 3.63) is 53.9 Å². The zero-order chi connectivity index (χ0) is 22.9. The Hall–Kier alpha value is -2.81. The third-order valence-electron chi connectivity index (χ3n) is 4.80. The average molecular weight is 492 g/mol. The summed E-state index contributed by atoms with van der Waals surface area (Å²) in [5.41, 5.74) is 1.55. The topological polar surface area (TPSA) is 64.1 Å². The summed E-state index contributed by atoms with van der Waals surface area (Å²) in [5, 5.41) is 2.56. The van der Waals surface area contributed by atoms with Crippen molar-refractivity contribution in [3.63, 3.8) is 0 Å². The molecule has 3 aromatic rings. The van der Waals surface area contributed by atoms with Gasteiger partial charge in [0, 0.05) is 17.5 Å². The van der Waals surface area contributed by atoms with E-state index in [9.17, 15) is 4.79 Å². The van der Waals surface area contributed by atoms with Crippen molar-refractivity contribution in [3.8, 4) is 28.5 Å². The first-order valence-corrected chi connectivity index (χ1v) is 11.2. The molecule has 0 fully saturated rings. The number of para-hydroxylation sites is 1. The van der Waals surface area contributed by atoms with E-state index in [0.717, 1.165) is 24.2 Å². The zero-order valence-corrected chi connectivity index (χ0v) is 20.9. The highest BCUT2D eigenvalue weighted by Gasteiger charge is 2.21. The number of rotatable bonds is 11. The zero-order valence-electron chi connectivity index (χ0n) is 19.3. The lowest BCUT2D eigenvalue weighted by Crippen LogP contribution is -2.36. The van der Waals surface area contributed by atoms with Gasteiger partial charge in [0.05, 0.1) is 19.9 Å². The summed E-state index contributed by atoms with van der Waals surface area (Å²) in [7, 11) is 7.27. The minimum atomic E-state index is -0.133. The van der Waals surface area contributed by atoms with Crippen molar-refractivity contribution in [1.82, 2.24) is 9.88 Å². The van der Waals surface area contributed by atoms with Crippen LogP contribution in [-0.2, 0) is 4.79 Å². The molecule has 3 rings (SSSR count). The Bertz CT molecular complexity index is 1010. The van der Waals surface area contributed by atoms with Gasteiger partial charge in [-0.2, -0.15) is 0 Å². The second-order valence-corrected chi connectivity index (χ2v) is 8.22. The molecular formula is C24H30ClN3O4S. The smallest absolute Gasteiger partial charge is 0.266 e. The number of anilines is 1. The Kier molecular flexibility index (Phi) is 10.4. The van der Waals surface area contributed by atoms with Crippen LogP contribution in [0.4, 0.5) is 5.13 Å². The number of benzene rings is 2. The maximum atomic E-state index is 13.1. The van der Waals surface area contributed by atoms with Gasteiger partial charge in [-0.15, -0.1) is 23.7 Å². The molecule has 0 saturated carbocycles. The summed E-state index contributed by atoms with van der Waals surface area (Å²) in [5.74, 6) is 1.94.